The van der Waals surface area contributed by atoms with Crippen LogP contribution < -0.4 is 15.9 Å². The fourth-order valence-corrected chi connectivity index (χ4v) is 5.15. The summed E-state index contributed by atoms with van der Waals surface area (Å²) in [4.78, 5) is 0. The van der Waals surface area contributed by atoms with E-state index in [1.54, 1.807) is 6.07 Å². The van der Waals surface area contributed by atoms with Gasteiger partial charge in [0, 0.05) is 5.02 Å². The largest absolute Gasteiger partial charge is 0.416 e. The van der Waals surface area contributed by atoms with Crippen molar-refractivity contribution in [3.05, 3.63) is 89.4 Å². The lowest BCUT2D eigenvalue weighted by Crippen LogP contribution is -2.22. The van der Waals surface area contributed by atoms with Gasteiger partial charge in [-0.25, -0.2) is 0 Å². The van der Waals surface area contributed by atoms with Crippen molar-refractivity contribution in [1.82, 2.24) is 0 Å². The lowest BCUT2D eigenvalue weighted by atomic mass is 10.2. The molecule has 0 radical (unpaired) electrons. The average Bonchev–Trinajstić information content (AvgIpc) is 2.56. The molecule has 0 fully saturated rings. The summed E-state index contributed by atoms with van der Waals surface area (Å²) in [6.45, 7) is 0. The zero-order valence-corrected chi connectivity index (χ0v) is 14.1. The fourth-order valence-electron chi connectivity index (χ4n) is 2.47. The molecule has 0 saturated carbocycles. The molecule has 0 unspecified atom stereocenters. The van der Waals surface area contributed by atoms with Crippen LogP contribution in [0, 0.1) is 0 Å². The highest BCUT2D eigenvalue weighted by atomic mass is 35.5. The maximum absolute atomic E-state index is 13.2. The molecule has 0 nitrogen and oxygen atoms in total. The van der Waals surface area contributed by atoms with Crippen LogP contribution in [-0.2, 0) is 6.18 Å². The van der Waals surface area contributed by atoms with Crippen molar-refractivity contribution in [3.8, 4) is 0 Å². The van der Waals surface area contributed by atoms with E-state index < -0.39 is 19.7 Å². The van der Waals surface area contributed by atoms with Gasteiger partial charge in [0.05, 0.1) is 5.56 Å². The molecular formula is C19H13ClF3P. The Labute approximate surface area is 144 Å². The standard InChI is InChI=1S/C19H13ClF3P/c20-15-11-14(19(21,22)23)12-18(13-15)24(16-7-3-1-4-8-16)17-9-5-2-6-10-17/h1-13H. The van der Waals surface area contributed by atoms with Gasteiger partial charge in [-0.3, -0.25) is 0 Å². The van der Waals surface area contributed by atoms with Gasteiger partial charge in [-0.15, -0.1) is 0 Å². The molecule has 3 rings (SSSR count). The molecule has 0 aliphatic rings. The van der Waals surface area contributed by atoms with Crippen molar-refractivity contribution in [2.24, 2.45) is 0 Å². The van der Waals surface area contributed by atoms with Crippen LogP contribution >= 0.6 is 19.5 Å². The minimum atomic E-state index is -4.42. The molecule has 0 aliphatic heterocycles. The molecule has 5 heteroatoms. The van der Waals surface area contributed by atoms with Crippen molar-refractivity contribution in [2.45, 2.75) is 6.18 Å². The van der Waals surface area contributed by atoms with E-state index in [0.717, 1.165) is 16.7 Å². The average molecular weight is 365 g/mol. The highest BCUT2D eigenvalue weighted by Gasteiger charge is 2.32. The quantitative estimate of drug-likeness (QED) is 0.566. The second-order valence-corrected chi connectivity index (χ2v) is 7.86. The Bertz CT molecular complexity index is 778. The summed E-state index contributed by atoms with van der Waals surface area (Å²) in [7, 11) is -1.11. The maximum Gasteiger partial charge on any atom is 0.416 e. The molecule has 24 heavy (non-hydrogen) atoms. The SMILES string of the molecule is FC(F)(F)c1cc(Cl)cc(P(c2ccccc2)c2ccccc2)c1. The highest BCUT2D eigenvalue weighted by Crippen LogP contribution is 2.37. The van der Waals surface area contributed by atoms with E-state index in [9.17, 15) is 13.2 Å². The summed E-state index contributed by atoms with van der Waals surface area (Å²) < 4.78 is 39.5. The van der Waals surface area contributed by atoms with E-state index in [1.807, 2.05) is 60.7 Å². The third kappa shape index (κ3) is 3.80. The maximum atomic E-state index is 13.2. The normalized spacial score (nSPS) is 11.7. The topological polar surface area (TPSA) is 0 Å². The van der Waals surface area contributed by atoms with E-state index in [-0.39, 0.29) is 5.02 Å². The minimum Gasteiger partial charge on any atom is -0.166 e. The van der Waals surface area contributed by atoms with Crippen molar-refractivity contribution >= 4 is 35.4 Å². The molecule has 0 heterocycles. The van der Waals surface area contributed by atoms with Crippen LogP contribution in [0.2, 0.25) is 5.02 Å². The van der Waals surface area contributed by atoms with E-state index in [1.165, 1.54) is 6.07 Å². The van der Waals surface area contributed by atoms with Crippen molar-refractivity contribution in [2.75, 3.05) is 0 Å². The Balaban J connectivity index is 2.19. The second kappa shape index (κ2) is 6.96. The molecule has 0 aliphatic carbocycles. The fraction of sp³-hybridized carbons (Fsp3) is 0.0526. The van der Waals surface area contributed by atoms with Gasteiger partial charge in [-0.1, -0.05) is 72.3 Å². The van der Waals surface area contributed by atoms with Gasteiger partial charge in [-0.2, -0.15) is 13.2 Å². The number of hydrogen-bond acceptors (Lipinski definition) is 0. The second-order valence-electron chi connectivity index (χ2n) is 5.20. The number of halogens is 4. The number of alkyl halides is 3. The summed E-state index contributed by atoms with van der Waals surface area (Å²) in [5, 5.41) is 2.64. The van der Waals surface area contributed by atoms with Crippen LogP contribution in [0.1, 0.15) is 5.56 Å². The smallest absolute Gasteiger partial charge is 0.166 e. The minimum absolute atomic E-state index is 0.0965. The molecule has 0 aromatic heterocycles. The van der Waals surface area contributed by atoms with Crippen LogP contribution in [-0.4, -0.2) is 0 Å². The summed E-state index contributed by atoms with van der Waals surface area (Å²) in [5.74, 6) is 0. The lowest BCUT2D eigenvalue weighted by molar-refractivity contribution is -0.137. The Morgan fingerprint density at radius 2 is 1.17 bits per heavy atom. The van der Waals surface area contributed by atoms with Crippen LogP contribution in [0.15, 0.2) is 78.9 Å². The van der Waals surface area contributed by atoms with Crippen molar-refractivity contribution in [1.29, 1.82) is 0 Å². The van der Waals surface area contributed by atoms with Gasteiger partial charge >= 0.3 is 6.18 Å². The monoisotopic (exact) mass is 364 g/mol. The third-order valence-corrected chi connectivity index (χ3v) is 6.12. The molecule has 3 aromatic carbocycles. The van der Waals surface area contributed by atoms with Crippen LogP contribution in [0.5, 0.6) is 0 Å². The van der Waals surface area contributed by atoms with E-state index in [0.29, 0.717) is 5.30 Å². The van der Waals surface area contributed by atoms with E-state index in [4.69, 9.17) is 11.6 Å². The van der Waals surface area contributed by atoms with Crippen LogP contribution in [0.4, 0.5) is 13.2 Å². The molecule has 0 saturated heterocycles. The van der Waals surface area contributed by atoms with Gasteiger partial charge in [0.25, 0.3) is 0 Å². The Morgan fingerprint density at radius 3 is 1.62 bits per heavy atom. The number of rotatable bonds is 3. The van der Waals surface area contributed by atoms with Gasteiger partial charge in [0.2, 0.25) is 0 Å². The van der Waals surface area contributed by atoms with Crippen molar-refractivity contribution < 1.29 is 13.2 Å². The first-order chi connectivity index (χ1) is 11.4. The molecular weight excluding hydrogens is 352 g/mol. The molecule has 0 N–H and O–H groups in total. The van der Waals surface area contributed by atoms with Gasteiger partial charge < -0.3 is 0 Å². The first-order valence-corrected chi connectivity index (χ1v) is 8.95. The molecule has 0 bridgehead atoms. The van der Waals surface area contributed by atoms with Crippen LogP contribution in [0.25, 0.3) is 0 Å². The van der Waals surface area contributed by atoms with Gasteiger partial charge in [-0.05, 0) is 42.0 Å². The predicted molar refractivity (Wildman–Crippen MR) is 95.2 cm³/mol. The number of benzene rings is 3. The summed E-state index contributed by atoms with van der Waals surface area (Å²) in [5.41, 5.74) is -0.718. The van der Waals surface area contributed by atoms with E-state index >= 15 is 0 Å². The molecule has 3 aromatic rings. The summed E-state index contributed by atoms with van der Waals surface area (Å²) in [6, 6.07) is 22.9. The third-order valence-electron chi connectivity index (χ3n) is 3.50. The van der Waals surface area contributed by atoms with Crippen LogP contribution in [0.3, 0.4) is 0 Å². The Hall–Kier alpha value is -1.83. The zero-order valence-electron chi connectivity index (χ0n) is 12.5. The van der Waals surface area contributed by atoms with Gasteiger partial charge in [0.1, 0.15) is 0 Å². The Morgan fingerprint density at radius 1 is 0.667 bits per heavy atom. The first kappa shape index (κ1) is 17.0. The number of hydrogen-bond donors (Lipinski definition) is 0. The summed E-state index contributed by atoms with van der Waals surface area (Å²) >= 11 is 5.99. The molecule has 122 valence electrons. The highest BCUT2D eigenvalue weighted by molar-refractivity contribution is 7.79. The lowest BCUT2D eigenvalue weighted by Gasteiger charge is -2.21. The molecule has 0 atom stereocenters. The van der Waals surface area contributed by atoms with Crippen molar-refractivity contribution in [3.63, 3.8) is 0 Å². The van der Waals surface area contributed by atoms with E-state index in [2.05, 4.69) is 0 Å². The summed E-state index contributed by atoms with van der Waals surface area (Å²) in [6.07, 6.45) is -4.42. The molecule has 0 amide bonds. The predicted octanol–water partition coefficient (Wildman–Crippen LogP) is 5.12. The van der Waals surface area contributed by atoms with Gasteiger partial charge in [0.15, 0.2) is 0 Å². The zero-order chi connectivity index (χ0) is 17.2. The first-order valence-electron chi connectivity index (χ1n) is 7.23. The molecule has 0 spiro atoms. The Kier molecular flexibility index (Phi) is 4.93.